The molecule has 19 heavy (non-hydrogen) atoms. The molecule has 0 aliphatic carbocycles. The van der Waals surface area contributed by atoms with Crippen LogP contribution in [0.2, 0.25) is 0 Å². The molecule has 3 nitrogen and oxygen atoms in total. The summed E-state index contributed by atoms with van der Waals surface area (Å²) in [5.41, 5.74) is 6.42. The molecule has 0 amide bonds. The lowest BCUT2D eigenvalue weighted by atomic mass is 9.96. The maximum absolute atomic E-state index is 10.1. The highest BCUT2D eigenvalue weighted by Crippen LogP contribution is 2.23. The number of nitrogens with two attached hydrogens (primary N) is 1. The summed E-state index contributed by atoms with van der Waals surface area (Å²) in [4.78, 5) is 0. The van der Waals surface area contributed by atoms with Crippen LogP contribution in [0.25, 0.3) is 0 Å². The van der Waals surface area contributed by atoms with Crippen LogP contribution in [0, 0.1) is 0 Å². The van der Waals surface area contributed by atoms with Crippen LogP contribution in [0.15, 0.2) is 54.6 Å². The van der Waals surface area contributed by atoms with Crippen LogP contribution in [-0.2, 0) is 12.2 Å². The first-order valence-electron chi connectivity index (χ1n) is 6.31. The lowest BCUT2D eigenvalue weighted by Crippen LogP contribution is -2.31. The summed E-state index contributed by atoms with van der Waals surface area (Å²) >= 11 is 0. The molecule has 0 saturated heterocycles. The van der Waals surface area contributed by atoms with E-state index in [2.05, 4.69) is 0 Å². The van der Waals surface area contributed by atoms with Gasteiger partial charge in [0.25, 0.3) is 0 Å². The number of hydrogen-bond donors (Lipinski definition) is 2. The average molecular weight is 257 g/mol. The van der Waals surface area contributed by atoms with Crippen LogP contribution >= 0.6 is 0 Å². The van der Waals surface area contributed by atoms with Gasteiger partial charge in [0, 0.05) is 6.54 Å². The summed E-state index contributed by atoms with van der Waals surface area (Å²) < 4.78 is 5.72. The van der Waals surface area contributed by atoms with Gasteiger partial charge in [-0.25, -0.2) is 0 Å². The standard InChI is InChI=1S/C16H19NO2/c1-16(18,12-17)14-8-5-9-15(10-14)19-11-13-6-3-2-4-7-13/h2-10,18H,11-12,17H2,1H3. The second-order valence-electron chi connectivity index (χ2n) is 4.78. The summed E-state index contributed by atoms with van der Waals surface area (Å²) in [5, 5.41) is 10.1. The molecule has 3 heteroatoms. The molecule has 0 bridgehead atoms. The van der Waals surface area contributed by atoms with Gasteiger partial charge in [0.15, 0.2) is 0 Å². The molecule has 0 aliphatic heterocycles. The quantitative estimate of drug-likeness (QED) is 0.865. The molecule has 2 aromatic carbocycles. The third-order valence-electron chi connectivity index (χ3n) is 3.10. The highest BCUT2D eigenvalue weighted by Gasteiger charge is 2.21. The van der Waals surface area contributed by atoms with E-state index < -0.39 is 5.60 Å². The third kappa shape index (κ3) is 3.56. The van der Waals surface area contributed by atoms with E-state index >= 15 is 0 Å². The van der Waals surface area contributed by atoms with Gasteiger partial charge < -0.3 is 15.6 Å². The Kier molecular flexibility index (Phi) is 4.20. The zero-order valence-corrected chi connectivity index (χ0v) is 11.0. The van der Waals surface area contributed by atoms with Crippen molar-refractivity contribution in [1.82, 2.24) is 0 Å². The summed E-state index contributed by atoms with van der Waals surface area (Å²) in [5.74, 6) is 0.732. The first-order chi connectivity index (χ1) is 9.12. The highest BCUT2D eigenvalue weighted by molar-refractivity contribution is 5.32. The van der Waals surface area contributed by atoms with Crippen molar-refractivity contribution < 1.29 is 9.84 Å². The van der Waals surface area contributed by atoms with Crippen LogP contribution in [0.1, 0.15) is 18.1 Å². The monoisotopic (exact) mass is 257 g/mol. The topological polar surface area (TPSA) is 55.5 Å². The van der Waals surface area contributed by atoms with Gasteiger partial charge in [0.05, 0.1) is 5.60 Å². The zero-order chi connectivity index (χ0) is 13.7. The average Bonchev–Trinajstić information content (AvgIpc) is 2.46. The predicted molar refractivity (Wildman–Crippen MR) is 75.8 cm³/mol. The fraction of sp³-hybridized carbons (Fsp3) is 0.250. The second-order valence-corrected chi connectivity index (χ2v) is 4.78. The van der Waals surface area contributed by atoms with Crippen molar-refractivity contribution in [2.45, 2.75) is 19.1 Å². The molecule has 0 spiro atoms. The minimum absolute atomic E-state index is 0.176. The molecule has 0 fully saturated rings. The predicted octanol–water partition coefficient (Wildman–Crippen LogP) is 2.43. The minimum Gasteiger partial charge on any atom is -0.489 e. The van der Waals surface area contributed by atoms with E-state index in [0.717, 1.165) is 16.9 Å². The molecule has 0 saturated carbocycles. The maximum Gasteiger partial charge on any atom is 0.120 e. The van der Waals surface area contributed by atoms with Crippen molar-refractivity contribution in [3.05, 3.63) is 65.7 Å². The summed E-state index contributed by atoms with van der Waals surface area (Å²) in [6.07, 6.45) is 0. The Hall–Kier alpha value is -1.84. The molecule has 1 unspecified atom stereocenters. The summed E-state index contributed by atoms with van der Waals surface area (Å²) in [7, 11) is 0. The van der Waals surface area contributed by atoms with Crippen molar-refractivity contribution in [2.24, 2.45) is 5.73 Å². The molecule has 0 heterocycles. The van der Waals surface area contributed by atoms with Crippen LogP contribution in [0.4, 0.5) is 0 Å². The minimum atomic E-state index is -1.02. The number of rotatable bonds is 5. The van der Waals surface area contributed by atoms with Crippen LogP contribution in [0.5, 0.6) is 5.75 Å². The third-order valence-corrected chi connectivity index (χ3v) is 3.10. The van der Waals surface area contributed by atoms with E-state index in [4.69, 9.17) is 10.5 Å². The van der Waals surface area contributed by atoms with E-state index in [0.29, 0.717) is 6.61 Å². The van der Waals surface area contributed by atoms with Crippen LogP contribution < -0.4 is 10.5 Å². The van der Waals surface area contributed by atoms with Gasteiger partial charge in [0.2, 0.25) is 0 Å². The van der Waals surface area contributed by atoms with Gasteiger partial charge in [0.1, 0.15) is 12.4 Å². The molecule has 0 aromatic heterocycles. The van der Waals surface area contributed by atoms with Crippen LogP contribution in [0.3, 0.4) is 0 Å². The van der Waals surface area contributed by atoms with Crippen LogP contribution in [-0.4, -0.2) is 11.7 Å². The van der Waals surface area contributed by atoms with Gasteiger partial charge in [-0.05, 0) is 30.2 Å². The zero-order valence-electron chi connectivity index (χ0n) is 11.0. The molecular formula is C16H19NO2. The number of aliphatic hydroxyl groups is 1. The first kappa shape index (κ1) is 13.6. The van der Waals surface area contributed by atoms with E-state index in [1.165, 1.54) is 0 Å². The normalized spacial score (nSPS) is 13.8. The van der Waals surface area contributed by atoms with E-state index in [9.17, 15) is 5.11 Å². The number of hydrogen-bond acceptors (Lipinski definition) is 3. The highest BCUT2D eigenvalue weighted by atomic mass is 16.5. The van der Waals surface area contributed by atoms with E-state index in [-0.39, 0.29) is 6.54 Å². The Bertz CT molecular complexity index is 523. The van der Waals surface area contributed by atoms with Crippen molar-refractivity contribution in [1.29, 1.82) is 0 Å². The fourth-order valence-corrected chi connectivity index (χ4v) is 1.78. The van der Waals surface area contributed by atoms with Gasteiger partial charge in [-0.2, -0.15) is 0 Å². The van der Waals surface area contributed by atoms with Crippen molar-refractivity contribution in [2.75, 3.05) is 6.54 Å². The maximum atomic E-state index is 10.1. The smallest absolute Gasteiger partial charge is 0.120 e. The molecule has 2 aromatic rings. The van der Waals surface area contributed by atoms with Crippen molar-refractivity contribution >= 4 is 0 Å². The summed E-state index contributed by atoms with van der Waals surface area (Å²) in [6, 6.07) is 17.4. The van der Waals surface area contributed by atoms with Gasteiger partial charge in [-0.1, -0.05) is 42.5 Å². The molecule has 100 valence electrons. The SMILES string of the molecule is CC(O)(CN)c1cccc(OCc2ccccc2)c1. The van der Waals surface area contributed by atoms with Crippen molar-refractivity contribution in [3.63, 3.8) is 0 Å². The van der Waals surface area contributed by atoms with E-state index in [1.54, 1.807) is 6.92 Å². The Morgan fingerprint density at radius 3 is 2.53 bits per heavy atom. The number of ether oxygens (including phenoxy) is 1. The molecule has 2 rings (SSSR count). The Morgan fingerprint density at radius 2 is 1.84 bits per heavy atom. The second kappa shape index (κ2) is 5.87. The molecule has 1 atom stereocenters. The largest absolute Gasteiger partial charge is 0.489 e. The Balaban J connectivity index is 2.08. The van der Waals surface area contributed by atoms with E-state index in [1.807, 2.05) is 54.6 Å². The molecule has 3 N–H and O–H groups in total. The molecule has 0 radical (unpaired) electrons. The lowest BCUT2D eigenvalue weighted by Gasteiger charge is -2.22. The molecular weight excluding hydrogens is 238 g/mol. The Labute approximate surface area is 113 Å². The van der Waals surface area contributed by atoms with Gasteiger partial charge in [-0.15, -0.1) is 0 Å². The Morgan fingerprint density at radius 1 is 1.11 bits per heavy atom. The number of benzene rings is 2. The lowest BCUT2D eigenvalue weighted by molar-refractivity contribution is 0.0665. The molecule has 0 aliphatic rings. The summed E-state index contributed by atoms with van der Waals surface area (Å²) in [6.45, 7) is 2.38. The van der Waals surface area contributed by atoms with Crippen molar-refractivity contribution in [3.8, 4) is 5.75 Å². The van der Waals surface area contributed by atoms with Gasteiger partial charge >= 0.3 is 0 Å². The van der Waals surface area contributed by atoms with Gasteiger partial charge in [-0.3, -0.25) is 0 Å². The first-order valence-corrected chi connectivity index (χ1v) is 6.31. The fourth-order valence-electron chi connectivity index (χ4n) is 1.78.